The lowest BCUT2D eigenvalue weighted by atomic mass is 10.0. The Bertz CT molecular complexity index is 1730. The van der Waals surface area contributed by atoms with Crippen molar-refractivity contribution in [3.63, 3.8) is 0 Å². The predicted molar refractivity (Wildman–Crippen MR) is 181 cm³/mol. The van der Waals surface area contributed by atoms with E-state index in [2.05, 4.69) is 5.32 Å². The Morgan fingerprint density at radius 1 is 0.851 bits per heavy atom. The molecule has 1 N–H and O–H groups in total. The van der Waals surface area contributed by atoms with Crippen LogP contribution in [0.3, 0.4) is 0 Å². The Kier molecular flexibility index (Phi) is 11.3. The number of rotatable bonds is 14. The average molecular weight is 658 g/mol. The molecule has 4 aromatic rings. The van der Waals surface area contributed by atoms with E-state index in [4.69, 9.17) is 4.74 Å². The van der Waals surface area contributed by atoms with Crippen molar-refractivity contribution in [2.45, 2.75) is 57.3 Å². The quantitative estimate of drug-likeness (QED) is 0.183. The molecule has 0 heterocycles. The molecule has 0 saturated heterocycles. The molecular formula is C37H40FN3O5S. The first-order chi connectivity index (χ1) is 22.7. The third-order valence-corrected chi connectivity index (χ3v) is 9.46. The summed E-state index contributed by atoms with van der Waals surface area (Å²) in [6, 6.07) is 30.4. The molecule has 0 radical (unpaired) electrons. The van der Waals surface area contributed by atoms with Crippen LogP contribution in [0.1, 0.15) is 42.4 Å². The van der Waals surface area contributed by atoms with Crippen molar-refractivity contribution in [1.82, 2.24) is 10.2 Å². The molecule has 2 amide bonds. The van der Waals surface area contributed by atoms with Crippen LogP contribution in [-0.2, 0) is 39.2 Å². The van der Waals surface area contributed by atoms with Crippen LogP contribution < -0.4 is 14.4 Å². The van der Waals surface area contributed by atoms with E-state index in [1.54, 1.807) is 42.5 Å². The topological polar surface area (TPSA) is 96.0 Å². The normalized spacial score (nSPS) is 13.9. The van der Waals surface area contributed by atoms with Gasteiger partial charge in [0.05, 0.1) is 11.9 Å². The largest absolute Gasteiger partial charge is 0.489 e. The van der Waals surface area contributed by atoms with Crippen molar-refractivity contribution < 1.29 is 27.1 Å². The zero-order chi connectivity index (χ0) is 33.2. The van der Waals surface area contributed by atoms with Gasteiger partial charge in [0.15, 0.2) is 0 Å². The minimum atomic E-state index is -3.95. The van der Waals surface area contributed by atoms with E-state index in [1.165, 1.54) is 11.0 Å². The molecular weight excluding hydrogens is 617 g/mol. The first-order valence-electron chi connectivity index (χ1n) is 15.8. The standard InChI is InChI=1S/C37H40FN3O5S/c1-47(44,45)41(32-20-22-33(23-21-32)46-27-29-14-6-3-7-15-29)26-36(42)40(25-30-16-8-11-19-34(30)38)35(24-28-12-4-2-5-13-28)37(43)39-31-17-9-10-18-31/h2-8,11-16,19-23,31,35H,9-10,17-18,24-27H2,1H3,(H,39,43). The van der Waals surface area contributed by atoms with E-state index < -0.39 is 34.3 Å². The molecule has 1 unspecified atom stereocenters. The molecule has 10 heteroatoms. The highest BCUT2D eigenvalue weighted by Crippen LogP contribution is 2.25. The van der Waals surface area contributed by atoms with Crippen molar-refractivity contribution in [2.24, 2.45) is 0 Å². The number of carbonyl (C=O) groups is 2. The number of anilines is 1. The van der Waals surface area contributed by atoms with Gasteiger partial charge in [0.25, 0.3) is 0 Å². The van der Waals surface area contributed by atoms with Crippen LogP contribution in [0.4, 0.5) is 10.1 Å². The van der Waals surface area contributed by atoms with Gasteiger partial charge in [0.2, 0.25) is 21.8 Å². The first kappa shape index (κ1) is 33.7. The summed E-state index contributed by atoms with van der Waals surface area (Å²) < 4.78 is 48.1. The Labute approximate surface area is 276 Å². The van der Waals surface area contributed by atoms with Crippen LogP contribution >= 0.6 is 0 Å². The summed E-state index contributed by atoms with van der Waals surface area (Å²) in [7, 11) is -3.95. The molecule has 1 fully saturated rings. The van der Waals surface area contributed by atoms with E-state index in [0.29, 0.717) is 12.4 Å². The van der Waals surface area contributed by atoms with Crippen LogP contribution in [0, 0.1) is 5.82 Å². The number of sulfonamides is 1. The monoisotopic (exact) mass is 657 g/mol. The lowest BCUT2D eigenvalue weighted by Gasteiger charge is -2.34. The highest BCUT2D eigenvalue weighted by molar-refractivity contribution is 7.92. The molecule has 0 bridgehead atoms. The van der Waals surface area contributed by atoms with Gasteiger partial charge in [0.1, 0.15) is 30.8 Å². The number of hydrogen-bond donors (Lipinski definition) is 1. The van der Waals surface area contributed by atoms with Gasteiger partial charge in [0, 0.05) is 24.6 Å². The lowest BCUT2D eigenvalue weighted by molar-refractivity contribution is -0.140. The van der Waals surface area contributed by atoms with Gasteiger partial charge in [-0.15, -0.1) is 0 Å². The number of nitrogens with one attached hydrogen (secondary N) is 1. The van der Waals surface area contributed by atoms with E-state index in [1.807, 2.05) is 60.7 Å². The zero-order valence-electron chi connectivity index (χ0n) is 26.4. The lowest BCUT2D eigenvalue weighted by Crippen LogP contribution is -2.54. The SMILES string of the molecule is CS(=O)(=O)N(CC(=O)N(Cc1ccccc1F)C(Cc1ccccc1)C(=O)NC1CCCC1)c1ccc(OCc2ccccc2)cc1. The van der Waals surface area contributed by atoms with Crippen molar-refractivity contribution in [1.29, 1.82) is 0 Å². The average Bonchev–Trinajstić information content (AvgIpc) is 3.59. The highest BCUT2D eigenvalue weighted by atomic mass is 32.2. The van der Waals surface area contributed by atoms with Crippen LogP contribution in [0.5, 0.6) is 5.75 Å². The number of hydrogen-bond acceptors (Lipinski definition) is 5. The number of ether oxygens (including phenoxy) is 1. The van der Waals surface area contributed by atoms with E-state index in [9.17, 15) is 18.0 Å². The van der Waals surface area contributed by atoms with Crippen LogP contribution in [-0.4, -0.2) is 50.0 Å². The first-order valence-corrected chi connectivity index (χ1v) is 17.6. The molecule has 0 aliphatic heterocycles. The summed E-state index contributed by atoms with van der Waals surface area (Å²) >= 11 is 0. The van der Waals surface area contributed by atoms with Gasteiger partial charge in [-0.3, -0.25) is 13.9 Å². The smallest absolute Gasteiger partial charge is 0.244 e. The van der Waals surface area contributed by atoms with E-state index in [0.717, 1.165) is 47.4 Å². The van der Waals surface area contributed by atoms with E-state index in [-0.39, 0.29) is 36.2 Å². The Balaban J connectivity index is 1.43. The Morgan fingerprint density at radius 3 is 2.06 bits per heavy atom. The molecule has 5 rings (SSSR count). The number of benzene rings is 4. The maximum Gasteiger partial charge on any atom is 0.244 e. The van der Waals surface area contributed by atoms with Crippen LogP contribution in [0.25, 0.3) is 0 Å². The summed E-state index contributed by atoms with van der Waals surface area (Å²) in [4.78, 5) is 29.5. The maximum absolute atomic E-state index is 15.0. The Hall–Kier alpha value is -4.70. The summed E-state index contributed by atoms with van der Waals surface area (Å²) in [5.41, 5.74) is 2.28. The number of halogens is 1. The number of nitrogens with zero attached hydrogens (tertiary/aromatic N) is 2. The van der Waals surface area contributed by atoms with Gasteiger partial charge < -0.3 is 15.0 Å². The highest BCUT2D eigenvalue weighted by Gasteiger charge is 2.34. The molecule has 8 nitrogen and oxygen atoms in total. The van der Waals surface area contributed by atoms with Crippen molar-refractivity contribution in [3.8, 4) is 5.75 Å². The third-order valence-electron chi connectivity index (χ3n) is 8.32. The van der Waals surface area contributed by atoms with Crippen molar-refractivity contribution in [2.75, 3.05) is 17.1 Å². The summed E-state index contributed by atoms with van der Waals surface area (Å²) in [5.74, 6) is -0.974. The molecule has 1 aliphatic carbocycles. The minimum absolute atomic E-state index is 0.0127. The second-order valence-corrected chi connectivity index (χ2v) is 13.8. The Morgan fingerprint density at radius 2 is 1.45 bits per heavy atom. The zero-order valence-corrected chi connectivity index (χ0v) is 27.2. The third kappa shape index (κ3) is 9.42. The molecule has 0 aromatic heterocycles. The number of amides is 2. The molecule has 0 spiro atoms. The second-order valence-electron chi connectivity index (χ2n) is 11.8. The minimum Gasteiger partial charge on any atom is -0.489 e. The predicted octanol–water partition coefficient (Wildman–Crippen LogP) is 5.87. The van der Waals surface area contributed by atoms with Gasteiger partial charge in [-0.2, -0.15) is 0 Å². The maximum atomic E-state index is 15.0. The fraction of sp³-hybridized carbons (Fsp3) is 0.297. The molecule has 1 aliphatic rings. The summed E-state index contributed by atoms with van der Waals surface area (Å²) in [6.45, 7) is -0.463. The summed E-state index contributed by atoms with van der Waals surface area (Å²) in [6.07, 6.45) is 4.90. The molecule has 246 valence electrons. The molecule has 47 heavy (non-hydrogen) atoms. The van der Waals surface area contributed by atoms with Crippen molar-refractivity contribution >= 4 is 27.5 Å². The second kappa shape index (κ2) is 15.7. The van der Waals surface area contributed by atoms with Gasteiger partial charge >= 0.3 is 0 Å². The van der Waals surface area contributed by atoms with Crippen LogP contribution in [0.15, 0.2) is 109 Å². The summed E-state index contributed by atoms with van der Waals surface area (Å²) in [5, 5.41) is 3.11. The van der Waals surface area contributed by atoms with Gasteiger partial charge in [-0.25, -0.2) is 12.8 Å². The fourth-order valence-electron chi connectivity index (χ4n) is 5.79. The molecule has 1 saturated carbocycles. The number of carbonyl (C=O) groups excluding carboxylic acids is 2. The van der Waals surface area contributed by atoms with Gasteiger partial charge in [-0.1, -0.05) is 91.7 Å². The molecule has 1 atom stereocenters. The fourth-order valence-corrected chi connectivity index (χ4v) is 6.64. The molecule has 4 aromatic carbocycles. The van der Waals surface area contributed by atoms with E-state index >= 15 is 4.39 Å². The van der Waals surface area contributed by atoms with Crippen molar-refractivity contribution in [3.05, 3.63) is 132 Å². The van der Waals surface area contributed by atoms with Crippen LogP contribution in [0.2, 0.25) is 0 Å². The van der Waals surface area contributed by atoms with Gasteiger partial charge in [-0.05, 0) is 54.3 Å².